The van der Waals surface area contributed by atoms with Crippen molar-refractivity contribution in [1.29, 1.82) is 0 Å². The summed E-state index contributed by atoms with van der Waals surface area (Å²) < 4.78 is 23.2. The fraction of sp³-hybridized carbons (Fsp3) is 0.424. The van der Waals surface area contributed by atoms with Crippen LogP contribution in [0.3, 0.4) is 0 Å². The zero-order valence-electron chi connectivity index (χ0n) is 24.4. The lowest BCUT2D eigenvalue weighted by Gasteiger charge is -2.23. The maximum Gasteiger partial charge on any atom is 0.310 e. The topological polar surface area (TPSA) is 54.0 Å². The average Bonchev–Trinajstić information content (AvgIpc) is 2.93. The highest BCUT2D eigenvalue weighted by Gasteiger charge is 2.12. The SMILES string of the molecule is COc1cccc(COc2ccc(OCCCCCCCCOC(=O)Cc3ccc([N+](C)(C)C)cc3)cc2)c1.[I-]. The molecule has 0 saturated heterocycles. The molecule has 0 unspecified atom stereocenters. The van der Waals surface area contributed by atoms with Gasteiger partial charge in [-0.05, 0) is 72.5 Å². The molecule has 3 aromatic rings. The Morgan fingerprint density at radius 3 is 1.90 bits per heavy atom. The van der Waals surface area contributed by atoms with Crippen LogP contribution in [0.5, 0.6) is 17.2 Å². The van der Waals surface area contributed by atoms with Crippen molar-refractivity contribution in [3.05, 3.63) is 83.9 Å². The second-order valence-electron chi connectivity index (χ2n) is 10.7. The number of nitrogens with zero attached hydrogens (tertiary/aromatic N) is 1. The summed E-state index contributed by atoms with van der Waals surface area (Å²) in [5.74, 6) is 2.34. The molecule has 0 saturated carbocycles. The Balaban J connectivity index is 0.00000560. The molecule has 0 fully saturated rings. The Hall–Kier alpha value is -2.78. The van der Waals surface area contributed by atoms with Crippen molar-refractivity contribution in [2.75, 3.05) is 41.5 Å². The largest absolute Gasteiger partial charge is 1.00 e. The predicted molar refractivity (Wildman–Crippen MR) is 158 cm³/mol. The zero-order chi connectivity index (χ0) is 27.9. The fourth-order valence-electron chi connectivity index (χ4n) is 4.13. The normalized spacial score (nSPS) is 10.9. The molecule has 0 aliphatic rings. The molecular weight excluding hydrogens is 617 g/mol. The number of ether oxygens (including phenoxy) is 4. The number of hydrogen-bond donors (Lipinski definition) is 0. The molecule has 0 aliphatic heterocycles. The van der Waals surface area contributed by atoms with E-state index < -0.39 is 0 Å². The number of rotatable bonds is 17. The molecular formula is C33H44INO5. The van der Waals surface area contributed by atoms with E-state index in [0.717, 1.165) is 71.4 Å². The molecule has 0 N–H and O–H groups in total. The van der Waals surface area contributed by atoms with E-state index in [0.29, 0.717) is 26.2 Å². The molecule has 7 heteroatoms. The maximum atomic E-state index is 12.1. The molecule has 0 aliphatic carbocycles. The second-order valence-corrected chi connectivity index (χ2v) is 10.7. The van der Waals surface area contributed by atoms with Crippen LogP contribution in [0.15, 0.2) is 72.8 Å². The quantitative estimate of drug-likeness (QED) is 0.0949. The molecule has 0 amide bonds. The van der Waals surface area contributed by atoms with Crippen molar-refractivity contribution in [1.82, 2.24) is 4.48 Å². The maximum absolute atomic E-state index is 12.1. The molecule has 0 spiro atoms. The van der Waals surface area contributed by atoms with Crippen molar-refractivity contribution in [2.45, 2.75) is 51.6 Å². The summed E-state index contributed by atoms with van der Waals surface area (Å²) in [4.78, 5) is 12.1. The predicted octanol–water partition coefficient (Wildman–Crippen LogP) is 3.98. The lowest BCUT2D eigenvalue weighted by Crippen LogP contribution is -3.00. The highest BCUT2D eigenvalue weighted by Crippen LogP contribution is 2.21. The van der Waals surface area contributed by atoms with Crippen LogP contribution in [-0.4, -0.2) is 47.4 Å². The third kappa shape index (κ3) is 12.6. The number of carbonyl (C=O) groups excluding carboxylic acids is 1. The minimum absolute atomic E-state index is 0. The minimum Gasteiger partial charge on any atom is -1.00 e. The van der Waals surface area contributed by atoms with E-state index in [1.807, 2.05) is 60.7 Å². The molecule has 6 nitrogen and oxygen atoms in total. The fourth-order valence-corrected chi connectivity index (χ4v) is 4.13. The van der Waals surface area contributed by atoms with E-state index in [-0.39, 0.29) is 29.9 Å². The van der Waals surface area contributed by atoms with Gasteiger partial charge < -0.3 is 42.9 Å². The number of esters is 1. The van der Waals surface area contributed by atoms with Crippen LogP contribution in [0.1, 0.15) is 49.7 Å². The van der Waals surface area contributed by atoms with Gasteiger partial charge in [-0.1, -0.05) is 49.9 Å². The molecule has 3 aromatic carbocycles. The zero-order valence-corrected chi connectivity index (χ0v) is 26.5. The van der Waals surface area contributed by atoms with E-state index in [1.54, 1.807) is 7.11 Å². The Labute approximate surface area is 257 Å². The molecule has 0 aromatic heterocycles. The number of carbonyl (C=O) groups is 1. The van der Waals surface area contributed by atoms with Crippen LogP contribution < -0.4 is 42.7 Å². The first-order chi connectivity index (χ1) is 18.8. The first-order valence-corrected chi connectivity index (χ1v) is 13.9. The van der Waals surface area contributed by atoms with Crippen molar-refractivity contribution in [2.24, 2.45) is 0 Å². The van der Waals surface area contributed by atoms with E-state index in [2.05, 4.69) is 33.3 Å². The summed E-state index contributed by atoms with van der Waals surface area (Å²) in [5, 5.41) is 0. The summed E-state index contributed by atoms with van der Waals surface area (Å²) in [5.41, 5.74) is 3.26. The Bertz CT molecular complexity index is 1130. The van der Waals surface area contributed by atoms with Crippen molar-refractivity contribution in [3.63, 3.8) is 0 Å². The van der Waals surface area contributed by atoms with Gasteiger partial charge >= 0.3 is 5.97 Å². The van der Waals surface area contributed by atoms with Gasteiger partial charge in [-0.3, -0.25) is 9.28 Å². The van der Waals surface area contributed by atoms with Crippen molar-refractivity contribution in [3.8, 4) is 17.2 Å². The van der Waals surface area contributed by atoms with Gasteiger partial charge in [0.05, 0.1) is 47.9 Å². The van der Waals surface area contributed by atoms with Gasteiger partial charge in [0.25, 0.3) is 0 Å². The van der Waals surface area contributed by atoms with Crippen LogP contribution in [0, 0.1) is 0 Å². The van der Waals surface area contributed by atoms with Crippen molar-refractivity contribution < 1.29 is 47.7 Å². The van der Waals surface area contributed by atoms with Crippen LogP contribution in [0.25, 0.3) is 0 Å². The van der Waals surface area contributed by atoms with E-state index in [9.17, 15) is 4.79 Å². The smallest absolute Gasteiger partial charge is 0.310 e. The number of unbranched alkanes of at least 4 members (excludes halogenated alkanes) is 5. The van der Waals surface area contributed by atoms with Crippen LogP contribution in [-0.2, 0) is 22.6 Å². The molecule has 218 valence electrons. The van der Waals surface area contributed by atoms with Gasteiger partial charge in [0, 0.05) is 0 Å². The van der Waals surface area contributed by atoms with Crippen LogP contribution >= 0.6 is 0 Å². The van der Waals surface area contributed by atoms with Crippen LogP contribution in [0.2, 0.25) is 0 Å². The van der Waals surface area contributed by atoms with Gasteiger partial charge in [0.15, 0.2) is 0 Å². The average molecular weight is 662 g/mol. The standard InChI is InChI=1S/C33H44NO5.HI/c1-34(2,3)29-16-14-27(15-17-29)25-33(35)38-23-10-8-6-5-7-9-22-37-30-18-20-31(21-19-30)39-26-28-12-11-13-32(24-28)36-4;/h11-21,24H,5-10,22-23,25-26H2,1-4H3;1H/q+1;/p-1. The summed E-state index contributed by atoms with van der Waals surface area (Å²) in [6.07, 6.45) is 6.77. The monoisotopic (exact) mass is 661 g/mol. The number of benzene rings is 3. The van der Waals surface area contributed by atoms with Crippen molar-refractivity contribution >= 4 is 11.7 Å². The Morgan fingerprint density at radius 2 is 1.27 bits per heavy atom. The summed E-state index contributed by atoms with van der Waals surface area (Å²) in [6.45, 7) is 1.70. The first kappa shape index (κ1) is 33.4. The molecule has 0 radical (unpaired) electrons. The molecule has 0 atom stereocenters. The molecule has 0 bridgehead atoms. The van der Waals surface area contributed by atoms with Crippen LogP contribution in [0.4, 0.5) is 5.69 Å². The Kier molecular flexibility index (Phi) is 14.9. The third-order valence-electron chi connectivity index (χ3n) is 6.49. The van der Waals surface area contributed by atoms with E-state index in [4.69, 9.17) is 18.9 Å². The number of quaternary nitrogens is 1. The minimum atomic E-state index is -0.151. The molecule has 40 heavy (non-hydrogen) atoms. The van der Waals surface area contributed by atoms with E-state index in [1.165, 1.54) is 5.69 Å². The van der Waals surface area contributed by atoms with Gasteiger partial charge in [0.2, 0.25) is 0 Å². The molecule has 3 rings (SSSR count). The van der Waals surface area contributed by atoms with Gasteiger partial charge in [-0.15, -0.1) is 0 Å². The first-order valence-electron chi connectivity index (χ1n) is 13.9. The van der Waals surface area contributed by atoms with Gasteiger partial charge in [0.1, 0.15) is 29.5 Å². The number of hydrogen-bond acceptors (Lipinski definition) is 5. The van der Waals surface area contributed by atoms with Gasteiger partial charge in [-0.25, -0.2) is 0 Å². The summed E-state index contributed by atoms with van der Waals surface area (Å²) in [7, 11) is 8.04. The second kappa shape index (κ2) is 17.8. The molecule has 0 heterocycles. The number of halogens is 1. The van der Waals surface area contributed by atoms with Gasteiger partial charge in [-0.2, -0.15) is 0 Å². The lowest BCUT2D eigenvalue weighted by molar-refractivity contribution is -0.142. The summed E-state index contributed by atoms with van der Waals surface area (Å²) >= 11 is 0. The highest BCUT2D eigenvalue weighted by molar-refractivity contribution is 5.72. The third-order valence-corrected chi connectivity index (χ3v) is 6.49. The Morgan fingerprint density at radius 1 is 0.675 bits per heavy atom. The summed E-state index contributed by atoms with van der Waals surface area (Å²) in [6, 6.07) is 23.8. The van der Waals surface area contributed by atoms with E-state index >= 15 is 0 Å². The lowest BCUT2D eigenvalue weighted by atomic mass is 10.1. The highest BCUT2D eigenvalue weighted by atomic mass is 127. The number of methoxy groups -OCH3 is 1.